The van der Waals surface area contributed by atoms with Gasteiger partial charge in [0.15, 0.2) is 0 Å². The Bertz CT molecular complexity index is 772. The highest BCUT2D eigenvalue weighted by atomic mass is 32.1. The van der Waals surface area contributed by atoms with Crippen molar-refractivity contribution < 1.29 is 0 Å². The van der Waals surface area contributed by atoms with Gasteiger partial charge in [-0.1, -0.05) is 12.2 Å². The average Bonchev–Trinajstić information content (AvgIpc) is 2.73. The molecule has 0 radical (unpaired) electrons. The summed E-state index contributed by atoms with van der Waals surface area (Å²) in [6.07, 6.45) is 7.02. The fraction of sp³-hybridized carbons (Fsp3) is 0.652. The first-order valence-electron chi connectivity index (χ1n) is 9.80. The van der Waals surface area contributed by atoms with Gasteiger partial charge in [-0.2, -0.15) is 0 Å². The molecule has 0 spiro atoms. The largest absolute Gasteiger partial charge is 0.303 e. The summed E-state index contributed by atoms with van der Waals surface area (Å²) in [5.74, 6) is 0. The minimum Gasteiger partial charge on any atom is -0.303 e. The fourth-order valence-corrected chi connectivity index (χ4v) is 6.29. The molecule has 2 aliphatic rings. The first-order valence-corrected chi connectivity index (χ1v) is 10.6. The molecule has 1 aromatic heterocycles. The average molecular weight is 373 g/mol. The van der Waals surface area contributed by atoms with Crippen molar-refractivity contribution in [3.05, 3.63) is 33.5 Å². The molecular formula is C23H36N2S. The Morgan fingerprint density at radius 2 is 1.23 bits per heavy atom. The van der Waals surface area contributed by atoms with Gasteiger partial charge < -0.3 is 10.6 Å². The highest BCUT2D eigenvalue weighted by Crippen LogP contribution is 2.42. The summed E-state index contributed by atoms with van der Waals surface area (Å²) in [7, 11) is 0. The second-order valence-corrected chi connectivity index (χ2v) is 11.8. The second-order valence-electron chi connectivity index (χ2n) is 10.8. The number of rotatable bonds is 2. The Kier molecular flexibility index (Phi) is 4.62. The highest BCUT2D eigenvalue weighted by Gasteiger charge is 2.35. The van der Waals surface area contributed by atoms with Gasteiger partial charge in [-0.05, 0) is 97.9 Å². The zero-order valence-corrected chi connectivity index (χ0v) is 18.9. The summed E-state index contributed by atoms with van der Waals surface area (Å²) in [4.78, 5) is 2.91. The normalized spacial score (nSPS) is 26.2. The van der Waals surface area contributed by atoms with Crippen LogP contribution in [0.15, 0.2) is 18.2 Å². The number of nitrogens with one attached hydrogen (secondary N) is 2. The topological polar surface area (TPSA) is 24.1 Å². The van der Waals surface area contributed by atoms with Crippen LogP contribution in [0.25, 0.3) is 11.1 Å². The molecule has 144 valence electrons. The molecule has 0 amide bonds. The summed E-state index contributed by atoms with van der Waals surface area (Å²) in [6, 6.07) is 2.41. The third-order valence-corrected chi connectivity index (χ3v) is 6.57. The molecule has 0 bridgehead atoms. The van der Waals surface area contributed by atoms with E-state index in [1.807, 2.05) is 11.3 Å². The number of thiophene rings is 1. The molecule has 0 unspecified atom stereocenters. The third-order valence-electron chi connectivity index (χ3n) is 5.18. The first kappa shape index (κ1) is 19.9. The Morgan fingerprint density at radius 3 is 1.73 bits per heavy atom. The van der Waals surface area contributed by atoms with Crippen molar-refractivity contribution in [3.8, 4) is 0 Å². The molecule has 2 N–H and O–H groups in total. The molecule has 26 heavy (non-hydrogen) atoms. The third kappa shape index (κ3) is 4.32. The Labute approximate surface area is 164 Å². The van der Waals surface area contributed by atoms with Crippen molar-refractivity contribution in [1.29, 1.82) is 0 Å². The lowest BCUT2D eigenvalue weighted by molar-refractivity contribution is 0.297. The minimum absolute atomic E-state index is 0.0334. The van der Waals surface area contributed by atoms with Crippen molar-refractivity contribution in [2.75, 3.05) is 0 Å². The SMILES string of the molecule is Cc1cc(C2=CC(C)(C)NC(C)(C)C2)sc1C1=CC(C)(C)NC(C)(C)C1. The van der Waals surface area contributed by atoms with Gasteiger partial charge >= 0.3 is 0 Å². The van der Waals surface area contributed by atoms with E-state index >= 15 is 0 Å². The molecule has 0 saturated heterocycles. The Hall–Kier alpha value is -0.900. The van der Waals surface area contributed by atoms with Crippen LogP contribution < -0.4 is 10.6 Å². The Balaban J connectivity index is 2.01. The summed E-state index contributed by atoms with van der Waals surface area (Å²) in [5, 5.41) is 7.50. The molecule has 0 fully saturated rings. The number of aryl methyl sites for hydroxylation is 1. The maximum atomic E-state index is 3.75. The lowest BCUT2D eigenvalue weighted by Gasteiger charge is -2.41. The molecule has 2 aliphatic heterocycles. The fourth-order valence-electron chi connectivity index (χ4n) is 5.09. The maximum Gasteiger partial charge on any atom is 0.0336 e. The van der Waals surface area contributed by atoms with E-state index in [1.54, 1.807) is 0 Å². The van der Waals surface area contributed by atoms with Gasteiger partial charge in [-0.15, -0.1) is 11.3 Å². The van der Waals surface area contributed by atoms with Crippen LogP contribution in [-0.4, -0.2) is 22.2 Å². The van der Waals surface area contributed by atoms with Gasteiger partial charge in [0.25, 0.3) is 0 Å². The zero-order chi connectivity index (χ0) is 19.5. The standard InChI is InChI=1S/C23H36N2S/c1-15-10-18(16-11-20(2,3)24-21(4,5)12-16)26-19(15)17-13-22(6,7)25-23(8,9)14-17/h10-11,13,24-25H,12,14H2,1-9H3. The van der Waals surface area contributed by atoms with Crippen molar-refractivity contribution in [1.82, 2.24) is 10.6 Å². The molecule has 1 aromatic rings. The molecule has 0 saturated carbocycles. The monoisotopic (exact) mass is 372 g/mol. The van der Waals surface area contributed by atoms with Gasteiger partial charge in [-0.3, -0.25) is 0 Å². The van der Waals surface area contributed by atoms with E-state index in [2.05, 4.69) is 91.2 Å². The van der Waals surface area contributed by atoms with Crippen LogP contribution in [-0.2, 0) is 0 Å². The zero-order valence-electron chi connectivity index (χ0n) is 18.1. The van der Waals surface area contributed by atoms with Crippen molar-refractivity contribution in [2.24, 2.45) is 0 Å². The summed E-state index contributed by atoms with van der Waals surface area (Å²) >= 11 is 1.98. The van der Waals surface area contributed by atoms with Crippen molar-refractivity contribution in [3.63, 3.8) is 0 Å². The van der Waals surface area contributed by atoms with Crippen LogP contribution in [0.3, 0.4) is 0 Å². The van der Waals surface area contributed by atoms with Crippen LogP contribution in [0.2, 0.25) is 0 Å². The summed E-state index contributed by atoms with van der Waals surface area (Å²) < 4.78 is 0. The second kappa shape index (κ2) is 6.05. The number of hydrogen-bond donors (Lipinski definition) is 2. The van der Waals surface area contributed by atoms with Gasteiger partial charge in [0.2, 0.25) is 0 Å². The van der Waals surface area contributed by atoms with E-state index in [4.69, 9.17) is 0 Å². The van der Waals surface area contributed by atoms with Crippen LogP contribution in [0.1, 0.15) is 83.5 Å². The van der Waals surface area contributed by atoms with E-state index in [0.29, 0.717) is 0 Å². The van der Waals surface area contributed by atoms with E-state index in [1.165, 1.54) is 26.5 Å². The van der Waals surface area contributed by atoms with Crippen LogP contribution in [0.4, 0.5) is 0 Å². The lowest BCUT2D eigenvalue weighted by Crippen LogP contribution is -2.53. The van der Waals surface area contributed by atoms with Gasteiger partial charge in [-0.25, -0.2) is 0 Å². The first-order chi connectivity index (χ1) is 11.7. The smallest absolute Gasteiger partial charge is 0.0336 e. The van der Waals surface area contributed by atoms with Crippen LogP contribution in [0.5, 0.6) is 0 Å². The van der Waals surface area contributed by atoms with Gasteiger partial charge in [0.1, 0.15) is 0 Å². The van der Waals surface area contributed by atoms with Crippen LogP contribution in [0, 0.1) is 6.92 Å². The molecule has 3 heterocycles. The Morgan fingerprint density at radius 1 is 0.769 bits per heavy atom. The lowest BCUT2D eigenvalue weighted by atomic mass is 9.82. The molecule has 0 atom stereocenters. The van der Waals surface area contributed by atoms with E-state index < -0.39 is 0 Å². The molecule has 3 rings (SSSR count). The quantitative estimate of drug-likeness (QED) is 0.673. The van der Waals surface area contributed by atoms with Crippen molar-refractivity contribution in [2.45, 2.75) is 97.3 Å². The summed E-state index contributed by atoms with van der Waals surface area (Å²) in [6.45, 7) is 20.6. The predicted molar refractivity (Wildman–Crippen MR) is 117 cm³/mol. The van der Waals surface area contributed by atoms with E-state index in [-0.39, 0.29) is 22.2 Å². The molecule has 2 nitrogen and oxygen atoms in total. The summed E-state index contributed by atoms with van der Waals surface area (Å²) in [5.41, 5.74) is 4.73. The van der Waals surface area contributed by atoms with Crippen LogP contribution >= 0.6 is 11.3 Å². The minimum atomic E-state index is 0.0334. The van der Waals surface area contributed by atoms with Gasteiger partial charge in [0.05, 0.1) is 0 Å². The van der Waals surface area contributed by atoms with E-state index in [0.717, 1.165) is 12.8 Å². The highest BCUT2D eigenvalue weighted by molar-refractivity contribution is 7.14. The molecule has 3 heteroatoms. The van der Waals surface area contributed by atoms with Crippen molar-refractivity contribution >= 4 is 22.5 Å². The van der Waals surface area contributed by atoms with Gasteiger partial charge in [0, 0.05) is 31.9 Å². The number of hydrogen-bond acceptors (Lipinski definition) is 3. The molecular weight excluding hydrogens is 336 g/mol. The predicted octanol–water partition coefficient (Wildman–Crippen LogP) is 5.92. The van der Waals surface area contributed by atoms with E-state index in [9.17, 15) is 0 Å². The molecule has 0 aliphatic carbocycles. The maximum absolute atomic E-state index is 3.75. The molecule has 0 aromatic carbocycles.